The third kappa shape index (κ3) is 3.49. The van der Waals surface area contributed by atoms with Crippen molar-refractivity contribution in [3.8, 4) is 5.75 Å². The van der Waals surface area contributed by atoms with E-state index in [9.17, 15) is 9.90 Å². The van der Waals surface area contributed by atoms with Gasteiger partial charge in [0.05, 0.1) is 13.2 Å². The number of amides is 1. The Bertz CT molecular complexity index is 715. The fourth-order valence-electron chi connectivity index (χ4n) is 2.64. The van der Waals surface area contributed by atoms with Gasteiger partial charge in [-0.05, 0) is 42.3 Å². The third-order valence-corrected chi connectivity index (χ3v) is 4.30. The number of aromatic hydroxyl groups is 1. The predicted octanol–water partition coefficient (Wildman–Crippen LogP) is 3.57. The van der Waals surface area contributed by atoms with Gasteiger partial charge in [0.1, 0.15) is 11.9 Å². The second-order valence-electron chi connectivity index (χ2n) is 5.66. The molecule has 120 valence electrons. The minimum Gasteiger partial charge on any atom is -0.508 e. The predicted molar refractivity (Wildman–Crippen MR) is 88.9 cm³/mol. The van der Waals surface area contributed by atoms with Crippen LogP contribution >= 0.6 is 11.6 Å². The van der Waals surface area contributed by atoms with Crippen molar-refractivity contribution >= 4 is 17.5 Å². The van der Waals surface area contributed by atoms with Crippen molar-refractivity contribution in [2.45, 2.75) is 13.0 Å². The number of nitrogens with zero attached hydrogens (tertiary/aromatic N) is 1. The highest BCUT2D eigenvalue weighted by molar-refractivity contribution is 6.30. The number of phenolic OH excluding ortho intramolecular Hbond substituents is 1. The lowest BCUT2D eigenvalue weighted by Crippen LogP contribution is -2.42. The van der Waals surface area contributed by atoms with E-state index in [1.165, 1.54) is 6.07 Å². The van der Waals surface area contributed by atoms with Gasteiger partial charge >= 0.3 is 0 Å². The van der Waals surface area contributed by atoms with E-state index in [0.29, 0.717) is 30.3 Å². The van der Waals surface area contributed by atoms with Gasteiger partial charge in [0.2, 0.25) is 0 Å². The number of hydrogen-bond donors (Lipinski definition) is 1. The second-order valence-corrected chi connectivity index (χ2v) is 6.10. The molecule has 4 nitrogen and oxygen atoms in total. The largest absolute Gasteiger partial charge is 0.508 e. The first-order chi connectivity index (χ1) is 11.0. The van der Waals surface area contributed by atoms with Gasteiger partial charge in [-0.2, -0.15) is 0 Å². The van der Waals surface area contributed by atoms with Crippen LogP contribution in [0.25, 0.3) is 0 Å². The summed E-state index contributed by atoms with van der Waals surface area (Å²) >= 11 is 5.91. The van der Waals surface area contributed by atoms with Gasteiger partial charge in [0.15, 0.2) is 0 Å². The molecule has 23 heavy (non-hydrogen) atoms. The van der Waals surface area contributed by atoms with Crippen LogP contribution in [0.1, 0.15) is 27.6 Å². The summed E-state index contributed by atoms with van der Waals surface area (Å²) < 4.78 is 5.78. The van der Waals surface area contributed by atoms with Crippen LogP contribution in [-0.4, -0.2) is 35.6 Å². The molecule has 1 aliphatic heterocycles. The van der Waals surface area contributed by atoms with E-state index in [1.54, 1.807) is 24.0 Å². The summed E-state index contributed by atoms with van der Waals surface area (Å²) in [6.07, 6.45) is -0.163. The quantitative estimate of drug-likeness (QED) is 0.915. The van der Waals surface area contributed by atoms with E-state index in [4.69, 9.17) is 16.3 Å². The number of phenols is 1. The number of carbonyl (C=O) groups excluding carboxylic acids is 1. The second kappa shape index (κ2) is 6.60. The minimum absolute atomic E-state index is 0.0948. The Kier molecular flexibility index (Phi) is 4.55. The van der Waals surface area contributed by atoms with E-state index in [0.717, 1.165) is 11.1 Å². The van der Waals surface area contributed by atoms with Crippen LogP contribution in [0.5, 0.6) is 5.75 Å². The summed E-state index contributed by atoms with van der Waals surface area (Å²) in [5, 5.41) is 10.5. The van der Waals surface area contributed by atoms with Crippen LogP contribution in [0.2, 0.25) is 5.02 Å². The molecule has 3 rings (SSSR count). The molecular formula is C18H18ClNO3. The molecule has 1 unspecified atom stereocenters. The normalized spacial score (nSPS) is 18.0. The van der Waals surface area contributed by atoms with E-state index < -0.39 is 0 Å². The molecule has 1 N–H and O–H groups in total. The number of benzene rings is 2. The molecule has 1 fully saturated rings. The van der Waals surface area contributed by atoms with Gasteiger partial charge in [-0.25, -0.2) is 0 Å². The molecule has 0 aliphatic carbocycles. The maximum atomic E-state index is 12.6. The number of halogens is 1. The van der Waals surface area contributed by atoms with Crippen LogP contribution < -0.4 is 0 Å². The van der Waals surface area contributed by atoms with Crippen molar-refractivity contribution in [1.29, 1.82) is 0 Å². The summed E-state index contributed by atoms with van der Waals surface area (Å²) in [6, 6.07) is 12.5. The standard InChI is InChI=1S/C18H18ClNO3/c1-12-2-3-14(10-16(12)21)18(22)20-8-9-23-17(11-20)13-4-6-15(19)7-5-13/h2-7,10,17,21H,8-9,11H2,1H3. The zero-order valence-electron chi connectivity index (χ0n) is 12.8. The highest BCUT2D eigenvalue weighted by Crippen LogP contribution is 2.25. The van der Waals surface area contributed by atoms with Gasteiger partial charge in [0, 0.05) is 17.1 Å². The van der Waals surface area contributed by atoms with Crippen molar-refractivity contribution in [2.75, 3.05) is 19.7 Å². The van der Waals surface area contributed by atoms with E-state index in [1.807, 2.05) is 24.3 Å². The van der Waals surface area contributed by atoms with Crippen LogP contribution in [-0.2, 0) is 4.74 Å². The topological polar surface area (TPSA) is 49.8 Å². The number of aryl methyl sites for hydroxylation is 1. The Morgan fingerprint density at radius 1 is 1.26 bits per heavy atom. The lowest BCUT2D eigenvalue weighted by atomic mass is 10.1. The average Bonchev–Trinajstić information content (AvgIpc) is 2.57. The molecule has 1 saturated heterocycles. The zero-order valence-corrected chi connectivity index (χ0v) is 13.6. The SMILES string of the molecule is Cc1ccc(C(=O)N2CCOC(c3ccc(Cl)cc3)C2)cc1O. The van der Waals surface area contributed by atoms with E-state index in [2.05, 4.69) is 0 Å². The van der Waals surface area contributed by atoms with Crippen molar-refractivity contribution in [3.63, 3.8) is 0 Å². The van der Waals surface area contributed by atoms with Crippen molar-refractivity contribution in [2.24, 2.45) is 0 Å². The molecule has 5 heteroatoms. The minimum atomic E-state index is -0.163. The summed E-state index contributed by atoms with van der Waals surface area (Å²) in [5.41, 5.74) is 2.24. The first-order valence-electron chi connectivity index (χ1n) is 7.50. The Balaban J connectivity index is 1.76. The maximum absolute atomic E-state index is 12.6. The molecule has 1 aliphatic rings. The maximum Gasteiger partial charge on any atom is 0.254 e. The summed E-state index contributed by atoms with van der Waals surface area (Å²) in [4.78, 5) is 14.4. The van der Waals surface area contributed by atoms with E-state index >= 15 is 0 Å². The van der Waals surface area contributed by atoms with Crippen molar-refractivity contribution in [3.05, 3.63) is 64.2 Å². The zero-order chi connectivity index (χ0) is 16.4. The van der Waals surface area contributed by atoms with Crippen molar-refractivity contribution in [1.82, 2.24) is 4.90 Å². The van der Waals surface area contributed by atoms with Crippen molar-refractivity contribution < 1.29 is 14.6 Å². The van der Waals surface area contributed by atoms with Gasteiger partial charge in [-0.1, -0.05) is 29.8 Å². The lowest BCUT2D eigenvalue weighted by molar-refractivity contribution is -0.0228. The highest BCUT2D eigenvalue weighted by Gasteiger charge is 2.26. The molecule has 2 aromatic rings. The first-order valence-corrected chi connectivity index (χ1v) is 7.88. The highest BCUT2D eigenvalue weighted by atomic mass is 35.5. The molecule has 0 spiro atoms. The monoisotopic (exact) mass is 331 g/mol. The Morgan fingerprint density at radius 3 is 2.70 bits per heavy atom. The number of rotatable bonds is 2. The molecule has 1 atom stereocenters. The molecule has 2 aromatic carbocycles. The smallest absolute Gasteiger partial charge is 0.254 e. The number of morpholine rings is 1. The average molecular weight is 332 g/mol. The Hall–Kier alpha value is -2.04. The molecule has 0 bridgehead atoms. The Labute approximate surface area is 140 Å². The number of hydrogen-bond acceptors (Lipinski definition) is 3. The summed E-state index contributed by atoms with van der Waals surface area (Å²) in [6.45, 7) is 3.30. The fourth-order valence-corrected chi connectivity index (χ4v) is 2.76. The summed E-state index contributed by atoms with van der Waals surface area (Å²) in [7, 11) is 0. The van der Waals surface area contributed by atoms with Crippen LogP contribution in [0.3, 0.4) is 0 Å². The van der Waals surface area contributed by atoms with E-state index in [-0.39, 0.29) is 17.8 Å². The molecule has 1 heterocycles. The van der Waals surface area contributed by atoms with Gasteiger partial charge in [-0.3, -0.25) is 4.79 Å². The third-order valence-electron chi connectivity index (χ3n) is 4.05. The molecule has 0 aromatic heterocycles. The van der Waals surface area contributed by atoms with Crippen LogP contribution in [0.4, 0.5) is 0 Å². The van der Waals surface area contributed by atoms with Gasteiger partial charge < -0.3 is 14.7 Å². The van der Waals surface area contributed by atoms with Crippen LogP contribution in [0.15, 0.2) is 42.5 Å². The fraction of sp³-hybridized carbons (Fsp3) is 0.278. The number of ether oxygens (including phenoxy) is 1. The van der Waals surface area contributed by atoms with Crippen LogP contribution in [0, 0.1) is 6.92 Å². The first kappa shape index (κ1) is 15.8. The number of carbonyl (C=O) groups is 1. The molecule has 0 saturated carbocycles. The van der Waals surface area contributed by atoms with Gasteiger partial charge in [0.25, 0.3) is 5.91 Å². The Morgan fingerprint density at radius 2 is 2.00 bits per heavy atom. The lowest BCUT2D eigenvalue weighted by Gasteiger charge is -2.33. The summed E-state index contributed by atoms with van der Waals surface area (Å²) in [5.74, 6) is 0.0425. The molecular weight excluding hydrogens is 314 g/mol. The molecule has 0 radical (unpaired) electrons. The van der Waals surface area contributed by atoms with Gasteiger partial charge in [-0.15, -0.1) is 0 Å². The molecule has 1 amide bonds.